The van der Waals surface area contributed by atoms with Crippen LogP contribution in [-0.4, -0.2) is 45.5 Å². The van der Waals surface area contributed by atoms with Crippen molar-refractivity contribution in [1.29, 1.82) is 0 Å². The van der Waals surface area contributed by atoms with Crippen LogP contribution in [-0.2, 0) is 26.0 Å². The maximum atomic E-state index is 12.6. The molecule has 0 saturated carbocycles. The van der Waals surface area contributed by atoms with E-state index < -0.39 is 33.6 Å². The Morgan fingerprint density at radius 3 is 2.36 bits per heavy atom. The van der Waals surface area contributed by atoms with Gasteiger partial charge < -0.3 is 20.5 Å². The van der Waals surface area contributed by atoms with E-state index in [4.69, 9.17) is 4.74 Å². The number of hydrogen-bond acceptors (Lipinski definition) is 5. The van der Waals surface area contributed by atoms with Gasteiger partial charge in [0.2, 0.25) is 5.91 Å². The van der Waals surface area contributed by atoms with Crippen molar-refractivity contribution in [3.63, 3.8) is 0 Å². The van der Waals surface area contributed by atoms with Crippen LogP contribution in [0.25, 0.3) is 0 Å². The van der Waals surface area contributed by atoms with Crippen LogP contribution in [0, 0.1) is 0 Å². The molecule has 1 atom stereocenters. The zero-order chi connectivity index (χ0) is 21.4. The fourth-order valence-corrected chi connectivity index (χ4v) is 3.19. The number of benzene rings is 1. The summed E-state index contributed by atoms with van der Waals surface area (Å²) in [5.41, 5.74) is 0.223. The van der Waals surface area contributed by atoms with Gasteiger partial charge in [0.1, 0.15) is 11.6 Å². The molecular formula is C20H32N2O5S. The topological polar surface area (TPSA) is 105 Å². The Hall–Kier alpha value is -2.35. The van der Waals surface area contributed by atoms with Crippen LogP contribution in [0.1, 0.15) is 39.2 Å². The molecule has 158 valence electrons. The second-order valence-electron chi connectivity index (χ2n) is 8.00. The van der Waals surface area contributed by atoms with Crippen molar-refractivity contribution in [3.05, 3.63) is 47.1 Å². The molecule has 1 rings (SSSR count). The van der Waals surface area contributed by atoms with Gasteiger partial charge in [0.05, 0.1) is 5.76 Å². The fourth-order valence-electron chi connectivity index (χ4n) is 2.34. The van der Waals surface area contributed by atoms with Gasteiger partial charge in [0.15, 0.2) is 0 Å². The predicted octanol–water partition coefficient (Wildman–Crippen LogP) is 2.65. The largest absolute Gasteiger partial charge is 0.512 e. The summed E-state index contributed by atoms with van der Waals surface area (Å²) in [5.74, 6) is -0.459. The van der Waals surface area contributed by atoms with Crippen LogP contribution < -0.4 is 10.6 Å². The summed E-state index contributed by atoms with van der Waals surface area (Å²) in [5, 5.41) is 16.6. The summed E-state index contributed by atoms with van der Waals surface area (Å²) in [6.07, 6.45) is 2.60. The molecule has 1 aromatic carbocycles. The summed E-state index contributed by atoms with van der Waals surface area (Å²) in [4.78, 5) is 24.7. The molecule has 0 fully saturated rings. The van der Waals surface area contributed by atoms with Gasteiger partial charge in [-0.2, -0.15) is 0 Å². The molecule has 1 aromatic rings. The molecule has 0 aromatic heterocycles. The van der Waals surface area contributed by atoms with Crippen LogP contribution in [0.2, 0.25) is 0 Å². The minimum atomic E-state index is -2.54. The Bertz CT molecular complexity index is 735. The summed E-state index contributed by atoms with van der Waals surface area (Å²) in [6.45, 7) is 5.50. The van der Waals surface area contributed by atoms with Crippen molar-refractivity contribution >= 4 is 21.9 Å². The molecule has 0 heterocycles. The van der Waals surface area contributed by atoms with Crippen molar-refractivity contribution in [3.8, 4) is 0 Å². The Balaban J connectivity index is 2.78. The number of hydrogen-bond donors (Lipinski definition) is 4. The third-order valence-corrected chi connectivity index (χ3v) is 4.39. The zero-order valence-corrected chi connectivity index (χ0v) is 18.1. The molecule has 0 aliphatic carbocycles. The normalized spacial score (nSPS) is 14.1. The van der Waals surface area contributed by atoms with Gasteiger partial charge in [-0.3, -0.25) is 9.00 Å². The second kappa shape index (κ2) is 10.3. The Labute approximate surface area is 168 Å². The molecule has 7 nitrogen and oxygen atoms in total. The zero-order valence-electron chi connectivity index (χ0n) is 17.2. The molecule has 0 unspecified atom stereocenters. The lowest BCUT2D eigenvalue weighted by molar-refractivity contribution is -0.123. The van der Waals surface area contributed by atoms with Crippen LogP contribution in [0.15, 0.2) is 41.5 Å². The summed E-state index contributed by atoms with van der Waals surface area (Å²) < 4.78 is 17.0. The first-order chi connectivity index (χ1) is 12.9. The van der Waals surface area contributed by atoms with Crippen molar-refractivity contribution in [1.82, 2.24) is 10.6 Å². The molecule has 28 heavy (non-hydrogen) atoms. The highest BCUT2D eigenvalue weighted by molar-refractivity contribution is 8.04. The van der Waals surface area contributed by atoms with E-state index in [1.807, 2.05) is 30.3 Å². The van der Waals surface area contributed by atoms with E-state index in [9.17, 15) is 18.9 Å². The number of nitrogens with one attached hydrogen (secondary N) is 2. The number of thiol groups is 1. The average Bonchev–Trinajstić information content (AvgIpc) is 2.54. The number of carbonyl (C=O) groups excluding carboxylic acids is 2. The van der Waals surface area contributed by atoms with Gasteiger partial charge in [-0.15, -0.1) is 0 Å². The summed E-state index contributed by atoms with van der Waals surface area (Å²) in [7, 11) is -2.54. The van der Waals surface area contributed by atoms with Crippen molar-refractivity contribution in [2.75, 3.05) is 12.5 Å². The lowest BCUT2D eigenvalue weighted by Gasteiger charge is -2.23. The van der Waals surface area contributed by atoms with E-state index >= 15 is 0 Å². The monoisotopic (exact) mass is 412 g/mol. The first-order valence-corrected chi connectivity index (χ1v) is 11.8. The van der Waals surface area contributed by atoms with Gasteiger partial charge >= 0.3 is 6.09 Å². The molecule has 0 bridgehead atoms. The summed E-state index contributed by atoms with van der Waals surface area (Å²) >= 11 is 0. The van der Waals surface area contributed by atoms with Crippen molar-refractivity contribution in [2.24, 2.45) is 0 Å². The molecular weight excluding hydrogens is 380 g/mol. The predicted molar refractivity (Wildman–Crippen MR) is 113 cm³/mol. The number of aliphatic hydroxyl groups excluding tert-OH is 1. The Morgan fingerprint density at radius 2 is 1.82 bits per heavy atom. The number of aliphatic hydroxyl groups is 1. The number of allylic oxidation sites excluding steroid dienone is 1. The molecule has 0 radical (unpaired) electrons. The van der Waals surface area contributed by atoms with E-state index in [2.05, 4.69) is 10.6 Å². The van der Waals surface area contributed by atoms with E-state index in [1.165, 1.54) is 17.9 Å². The van der Waals surface area contributed by atoms with E-state index in [0.29, 0.717) is 6.54 Å². The first kappa shape index (κ1) is 23.7. The highest BCUT2D eigenvalue weighted by Crippen LogP contribution is 2.11. The van der Waals surface area contributed by atoms with Crippen molar-refractivity contribution in [2.45, 2.75) is 51.8 Å². The number of rotatable bonds is 8. The van der Waals surface area contributed by atoms with Crippen LogP contribution >= 0.6 is 0 Å². The Morgan fingerprint density at radius 1 is 1.21 bits per heavy atom. The van der Waals surface area contributed by atoms with Crippen LogP contribution in [0.3, 0.4) is 0 Å². The number of carbonyl (C=O) groups is 2. The minimum Gasteiger partial charge on any atom is -0.512 e. The maximum Gasteiger partial charge on any atom is 0.408 e. The quantitative estimate of drug-likeness (QED) is 0.388. The molecule has 2 amide bonds. The summed E-state index contributed by atoms with van der Waals surface area (Å²) in [6, 6.07) is 8.48. The van der Waals surface area contributed by atoms with Gasteiger partial charge in [-0.25, -0.2) is 4.79 Å². The van der Waals surface area contributed by atoms with Gasteiger partial charge in [-0.05, 0) is 45.3 Å². The fraction of sp³-hybridized carbons (Fsp3) is 0.500. The highest BCUT2D eigenvalue weighted by atomic mass is 32.2. The lowest BCUT2D eigenvalue weighted by Crippen LogP contribution is -2.48. The second-order valence-corrected chi connectivity index (χ2v) is 11.1. The number of ether oxygens (including phenoxy) is 1. The third-order valence-electron chi connectivity index (χ3n) is 3.47. The third kappa shape index (κ3) is 10.7. The van der Waals surface area contributed by atoms with Gasteiger partial charge in [0, 0.05) is 18.4 Å². The molecule has 0 aliphatic heterocycles. The minimum absolute atomic E-state index is 0.0693. The van der Waals surface area contributed by atoms with Crippen LogP contribution in [0.4, 0.5) is 4.79 Å². The molecule has 0 saturated heterocycles. The smallest absolute Gasteiger partial charge is 0.408 e. The molecule has 3 N–H and O–H groups in total. The van der Waals surface area contributed by atoms with Crippen LogP contribution in [0.5, 0.6) is 0 Å². The molecule has 8 heteroatoms. The number of alkyl carbamates (subject to hydrolysis) is 1. The average molecular weight is 413 g/mol. The maximum absolute atomic E-state index is 12.6. The lowest BCUT2D eigenvalue weighted by atomic mass is 10.1. The molecule has 0 aliphatic rings. The van der Waals surface area contributed by atoms with Gasteiger partial charge in [-0.1, -0.05) is 40.3 Å². The van der Waals surface area contributed by atoms with E-state index in [-0.39, 0.29) is 18.6 Å². The van der Waals surface area contributed by atoms with E-state index in [1.54, 1.807) is 20.8 Å². The SMILES string of the molecule is CC(C)(C)OC(=O)N[C@@H](CC/C(O)=C/[SH](C)(C)=O)C(=O)NCc1ccccc1. The highest BCUT2D eigenvalue weighted by Gasteiger charge is 2.24. The molecule has 0 spiro atoms. The first-order valence-electron chi connectivity index (χ1n) is 9.12. The van der Waals surface area contributed by atoms with Crippen molar-refractivity contribution < 1.29 is 23.6 Å². The number of amides is 2. The standard InChI is InChI=1S/C20H32N2O5S/c1-20(2,3)27-19(25)22-17(12-11-16(23)14-28(4,5)26)18(24)21-13-15-9-7-6-8-10-15/h6-10,14,17,23,28H,11-13H2,1-5H3,(H,21,24)(H,22,25)/b16-14-/t17-/m0/s1. The Kier molecular flexibility index (Phi) is 8.68. The van der Waals surface area contributed by atoms with Gasteiger partial charge in [0.25, 0.3) is 0 Å². The van der Waals surface area contributed by atoms with E-state index in [0.717, 1.165) is 5.56 Å².